The van der Waals surface area contributed by atoms with Crippen LogP contribution in [0, 0.1) is 0 Å². The van der Waals surface area contributed by atoms with Crippen LogP contribution in [0.25, 0.3) is 101 Å². The van der Waals surface area contributed by atoms with E-state index in [2.05, 4.69) is 161 Å². The van der Waals surface area contributed by atoms with E-state index in [1.165, 1.54) is 55.1 Å². The molecule has 10 aromatic rings. The predicted octanol–water partition coefficient (Wildman–Crippen LogP) is 4.73. The zero-order valence-corrected chi connectivity index (χ0v) is 34.4. The Morgan fingerprint density at radius 2 is 0.750 bits per heavy atom. The van der Waals surface area contributed by atoms with Gasteiger partial charge in [0.25, 0.3) is 0 Å². The van der Waals surface area contributed by atoms with E-state index in [0.717, 1.165) is 55.3 Å². The lowest BCUT2D eigenvalue weighted by Gasteiger charge is -2.20. The molecule has 0 bridgehead atoms. The first kappa shape index (κ1) is 37.2. The lowest BCUT2D eigenvalue weighted by molar-refractivity contribution is 0.669. The Morgan fingerprint density at radius 1 is 0.317 bits per heavy atom. The van der Waals surface area contributed by atoms with Crippen LogP contribution in [0.2, 0.25) is 0 Å². The Balaban J connectivity index is 1.05. The first-order valence-electron chi connectivity index (χ1n) is 20.5. The van der Waals surface area contributed by atoms with Gasteiger partial charge in [0.15, 0.2) is 17.5 Å². The lowest BCUT2D eigenvalue weighted by atomic mass is 9.59. The zero-order valence-electron chi connectivity index (χ0n) is 34.4. The fourth-order valence-corrected chi connectivity index (χ4v) is 8.63. The topological polar surface area (TPSA) is 51.8 Å². The molecule has 0 amide bonds. The van der Waals surface area contributed by atoms with Gasteiger partial charge in [-0.3, -0.25) is 0 Å². The number of benzene rings is 8. The van der Waals surface area contributed by atoms with E-state index in [1.54, 1.807) is 0 Å². The molecule has 9 heteroatoms. The van der Waals surface area contributed by atoms with Gasteiger partial charge >= 0.3 is 0 Å². The van der Waals surface area contributed by atoms with Gasteiger partial charge < -0.3 is 4.42 Å². The highest BCUT2D eigenvalue weighted by Crippen LogP contribution is 2.39. The van der Waals surface area contributed by atoms with Crippen LogP contribution < -0.4 is 27.3 Å². The van der Waals surface area contributed by atoms with Crippen LogP contribution in [0.3, 0.4) is 0 Å². The molecule has 60 heavy (non-hydrogen) atoms. The molecule has 0 saturated carbocycles. The van der Waals surface area contributed by atoms with E-state index in [9.17, 15) is 0 Å². The standard InChI is InChI=1S/C51H38B5N3O/c52-44-42(45(53)47(55)48(56)46(44)54)35-13-7-14-36(27-35)50-57-49(34-11-5-2-6-12-34)58-51(59-50)37-25-26-40-39(28-37)43-38(15-8-16-41(43)60-40)33-23-21-32(22-24-33)31-19-17-30(18-20-31)29-9-3-1-4-10-29/h1-28H,52-56H2. The van der Waals surface area contributed by atoms with Crippen molar-refractivity contribution in [1.29, 1.82) is 0 Å². The maximum Gasteiger partial charge on any atom is 0.164 e. The molecule has 0 fully saturated rings. The summed E-state index contributed by atoms with van der Waals surface area (Å²) in [6.07, 6.45) is 0. The molecule has 0 radical (unpaired) electrons. The SMILES string of the molecule is Bc1c(B)c(B)c(-c2cccc(-c3nc(-c4ccccc4)nc(-c4ccc5oc6cccc(-c7ccc(-c8ccc(-c9ccccc9)cc8)cc7)c6c5c4)n3)c2)c(B)c1B. The molecule has 0 aliphatic carbocycles. The highest BCUT2D eigenvalue weighted by Gasteiger charge is 2.19. The quantitative estimate of drug-likeness (QED) is 0.221. The van der Waals surface area contributed by atoms with Gasteiger partial charge in [0.05, 0.1) is 0 Å². The molecule has 0 aliphatic heterocycles. The summed E-state index contributed by atoms with van der Waals surface area (Å²) in [4.78, 5) is 15.4. The first-order valence-corrected chi connectivity index (χ1v) is 20.5. The summed E-state index contributed by atoms with van der Waals surface area (Å²) in [7, 11) is 11.1. The van der Waals surface area contributed by atoms with Crippen LogP contribution >= 0.6 is 0 Å². The van der Waals surface area contributed by atoms with Crippen LogP contribution in [-0.2, 0) is 0 Å². The van der Waals surface area contributed by atoms with E-state index < -0.39 is 0 Å². The number of furan rings is 1. The monoisotopic (exact) mass is 763 g/mol. The molecule has 0 spiro atoms. The van der Waals surface area contributed by atoms with E-state index in [-0.39, 0.29) is 0 Å². The minimum Gasteiger partial charge on any atom is -0.456 e. The fraction of sp³-hybridized carbons (Fsp3) is 0. The second-order valence-electron chi connectivity index (χ2n) is 15.8. The summed E-state index contributed by atoms with van der Waals surface area (Å²) in [6.45, 7) is 0. The Kier molecular flexibility index (Phi) is 9.45. The predicted molar refractivity (Wildman–Crippen MR) is 266 cm³/mol. The number of hydrogen-bond donors (Lipinski definition) is 0. The van der Waals surface area contributed by atoms with Crippen molar-refractivity contribution in [3.63, 3.8) is 0 Å². The Hall–Kier alpha value is -7.11. The summed E-state index contributed by atoms with van der Waals surface area (Å²) in [5.74, 6) is 1.86. The van der Waals surface area contributed by atoms with Crippen molar-refractivity contribution in [1.82, 2.24) is 15.0 Å². The third-order valence-corrected chi connectivity index (χ3v) is 12.4. The normalized spacial score (nSPS) is 11.3. The summed E-state index contributed by atoms with van der Waals surface area (Å²) in [5, 5.41) is 2.08. The summed E-state index contributed by atoms with van der Waals surface area (Å²) in [5.41, 5.74) is 20.5. The van der Waals surface area contributed by atoms with Gasteiger partial charge in [-0.2, -0.15) is 0 Å². The zero-order chi connectivity index (χ0) is 40.9. The van der Waals surface area contributed by atoms with Crippen molar-refractivity contribution in [3.05, 3.63) is 170 Å². The van der Waals surface area contributed by atoms with Crippen molar-refractivity contribution >= 4 is 88.5 Å². The second kappa shape index (κ2) is 15.2. The van der Waals surface area contributed by atoms with Crippen molar-refractivity contribution in [2.45, 2.75) is 0 Å². The third kappa shape index (κ3) is 6.66. The van der Waals surface area contributed by atoms with E-state index in [0.29, 0.717) is 17.5 Å². The minimum atomic E-state index is 0.606. The van der Waals surface area contributed by atoms with E-state index in [1.807, 2.05) is 48.5 Å². The van der Waals surface area contributed by atoms with Gasteiger partial charge in [-0.25, -0.2) is 15.0 Å². The fourth-order valence-electron chi connectivity index (χ4n) is 8.63. The molecule has 10 rings (SSSR count). The number of nitrogens with zero attached hydrogens (tertiary/aromatic N) is 3. The highest BCUT2D eigenvalue weighted by molar-refractivity contribution is 6.68. The summed E-state index contributed by atoms with van der Waals surface area (Å²) in [6, 6.07) is 59.4. The lowest BCUT2D eigenvalue weighted by Crippen LogP contribution is -2.55. The Labute approximate surface area is 354 Å². The van der Waals surface area contributed by atoms with Gasteiger partial charge in [0.2, 0.25) is 0 Å². The summed E-state index contributed by atoms with van der Waals surface area (Å²) >= 11 is 0. The van der Waals surface area contributed by atoms with Crippen LogP contribution in [0.5, 0.6) is 0 Å². The number of rotatable bonds is 7. The van der Waals surface area contributed by atoms with Crippen LogP contribution in [0.1, 0.15) is 0 Å². The van der Waals surface area contributed by atoms with Crippen molar-refractivity contribution in [3.8, 4) is 78.7 Å². The van der Waals surface area contributed by atoms with E-state index >= 15 is 0 Å². The molecule has 0 unspecified atom stereocenters. The van der Waals surface area contributed by atoms with Gasteiger partial charge in [-0.05, 0) is 74.8 Å². The number of hydrogen-bond acceptors (Lipinski definition) is 4. The molecule has 278 valence electrons. The van der Waals surface area contributed by atoms with Crippen LogP contribution in [-0.4, -0.2) is 54.2 Å². The average molecular weight is 763 g/mol. The molecule has 0 saturated heterocycles. The van der Waals surface area contributed by atoms with Crippen molar-refractivity contribution in [2.24, 2.45) is 0 Å². The average Bonchev–Trinajstić information content (AvgIpc) is 3.69. The van der Waals surface area contributed by atoms with Crippen molar-refractivity contribution < 1.29 is 4.42 Å². The maximum absolute atomic E-state index is 6.48. The molecule has 4 nitrogen and oxygen atoms in total. The molecule has 8 aromatic carbocycles. The molecule has 2 heterocycles. The smallest absolute Gasteiger partial charge is 0.164 e. The Morgan fingerprint density at radius 3 is 1.35 bits per heavy atom. The van der Waals surface area contributed by atoms with E-state index in [4.69, 9.17) is 19.4 Å². The van der Waals surface area contributed by atoms with Crippen molar-refractivity contribution in [2.75, 3.05) is 0 Å². The summed E-state index contributed by atoms with van der Waals surface area (Å²) < 4.78 is 6.48. The maximum atomic E-state index is 6.48. The molecule has 0 atom stereocenters. The van der Waals surface area contributed by atoms with Gasteiger partial charge in [0.1, 0.15) is 50.4 Å². The highest BCUT2D eigenvalue weighted by atomic mass is 16.3. The van der Waals surface area contributed by atoms with Gasteiger partial charge in [-0.15, -0.1) is 16.4 Å². The van der Waals surface area contributed by atoms with Gasteiger partial charge in [-0.1, -0.05) is 150 Å². The van der Waals surface area contributed by atoms with Gasteiger partial charge in [0, 0.05) is 27.5 Å². The molecular formula is C51H38B5N3O. The molecule has 0 aliphatic rings. The number of aromatic nitrogens is 3. The molecule has 2 aromatic heterocycles. The number of fused-ring (bicyclic) bond motifs is 3. The third-order valence-electron chi connectivity index (χ3n) is 12.4. The van der Waals surface area contributed by atoms with Crippen LogP contribution in [0.4, 0.5) is 0 Å². The second-order valence-corrected chi connectivity index (χ2v) is 15.8. The largest absolute Gasteiger partial charge is 0.456 e. The molecular weight excluding hydrogens is 725 g/mol. The molecule has 0 N–H and O–H groups in total. The minimum absolute atomic E-state index is 0.606. The van der Waals surface area contributed by atoms with Crippen LogP contribution in [0.15, 0.2) is 174 Å². The first-order chi connectivity index (χ1) is 29.3. The Bertz CT molecular complexity index is 3210.